The Bertz CT molecular complexity index is 415. The number of rotatable bonds is 1. The van der Waals surface area contributed by atoms with Crippen LogP contribution in [0.3, 0.4) is 0 Å². The number of amides is 1. The Hall–Kier alpha value is -1.84. The molecule has 0 aromatic heterocycles. The Kier molecular flexibility index (Phi) is 3.66. The first kappa shape index (κ1) is 12.2. The molecule has 0 bridgehead atoms. The lowest BCUT2D eigenvalue weighted by Gasteiger charge is -2.11. The largest absolute Gasteiger partial charge is 0.462 e. The Morgan fingerprint density at radius 2 is 1.62 bits per heavy atom. The number of carbonyl (C=O) groups is 2. The van der Waals surface area contributed by atoms with Gasteiger partial charge in [-0.3, -0.25) is 4.79 Å². The van der Waals surface area contributed by atoms with Crippen LogP contribution in [0.4, 0.5) is 5.69 Å². The Labute approximate surface area is 94.6 Å². The van der Waals surface area contributed by atoms with E-state index >= 15 is 0 Å². The second-order valence-corrected chi connectivity index (χ2v) is 3.72. The molecule has 4 heteroatoms. The Morgan fingerprint density at radius 3 is 2.06 bits per heavy atom. The van der Waals surface area contributed by atoms with Crippen LogP contribution in [0.1, 0.15) is 16.7 Å². The van der Waals surface area contributed by atoms with Gasteiger partial charge in [0.15, 0.2) is 0 Å². The van der Waals surface area contributed by atoms with Crippen molar-refractivity contribution in [2.24, 2.45) is 0 Å². The number of hydrogen-bond donors (Lipinski definition) is 1. The molecule has 0 atom stereocenters. The smallest absolute Gasteiger partial charge is 0.396 e. The first-order valence-electron chi connectivity index (χ1n) is 4.93. The monoisotopic (exact) mass is 221 g/mol. The minimum atomic E-state index is -0.889. The molecule has 86 valence electrons. The first-order chi connectivity index (χ1) is 7.45. The van der Waals surface area contributed by atoms with Crippen LogP contribution in [-0.4, -0.2) is 19.0 Å². The van der Waals surface area contributed by atoms with E-state index in [1.807, 2.05) is 32.9 Å². The van der Waals surface area contributed by atoms with Gasteiger partial charge >= 0.3 is 11.9 Å². The molecule has 1 aromatic rings. The second-order valence-electron chi connectivity index (χ2n) is 3.72. The molecule has 0 aliphatic heterocycles. The average Bonchev–Trinajstić information content (AvgIpc) is 2.21. The van der Waals surface area contributed by atoms with Crippen LogP contribution >= 0.6 is 0 Å². The summed E-state index contributed by atoms with van der Waals surface area (Å²) < 4.78 is 4.34. The molecular formula is C12H15NO3. The van der Waals surface area contributed by atoms with E-state index in [9.17, 15) is 9.59 Å². The van der Waals surface area contributed by atoms with Gasteiger partial charge in [-0.05, 0) is 31.9 Å². The number of ether oxygens (including phenoxy) is 1. The number of esters is 1. The predicted molar refractivity (Wildman–Crippen MR) is 61.3 cm³/mol. The van der Waals surface area contributed by atoms with Crippen LogP contribution in [0, 0.1) is 20.8 Å². The van der Waals surface area contributed by atoms with Gasteiger partial charge in [-0.25, -0.2) is 4.79 Å². The van der Waals surface area contributed by atoms with Crippen molar-refractivity contribution in [3.05, 3.63) is 28.8 Å². The normalized spacial score (nSPS) is 9.75. The number of carbonyl (C=O) groups excluding carboxylic acids is 2. The van der Waals surface area contributed by atoms with Gasteiger partial charge in [0.1, 0.15) is 0 Å². The fourth-order valence-electron chi connectivity index (χ4n) is 1.63. The maximum atomic E-state index is 11.3. The lowest BCUT2D eigenvalue weighted by atomic mass is 10.1. The van der Waals surface area contributed by atoms with Crippen LogP contribution in [-0.2, 0) is 14.3 Å². The lowest BCUT2D eigenvalue weighted by Crippen LogP contribution is -2.24. The third-order valence-corrected chi connectivity index (χ3v) is 2.29. The molecule has 16 heavy (non-hydrogen) atoms. The van der Waals surface area contributed by atoms with Gasteiger partial charge in [-0.2, -0.15) is 0 Å². The van der Waals surface area contributed by atoms with Crippen molar-refractivity contribution in [3.63, 3.8) is 0 Å². The summed E-state index contributed by atoms with van der Waals surface area (Å²) in [6.45, 7) is 5.74. The minimum Gasteiger partial charge on any atom is -0.462 e. The second kappa shape index (κ2) is 4.79. The van der Waals surface area contributed by atoms with E-state index in [0.29, 0.717) is 5.69 Å². The fraction of sp³-hybridized carbons (Fsp3) is 0.333. The number of nitrogens with one attached hydrogen (secondary N) is 1. The van der Waals surface area contributed by atoms with Gasteiger partial charge in [0, 0.05) is 5.69 Å². The van der Waals surface area contributed by atoms with E-state index in [4.69, 9.17) is 0 Å². The maximum Gasteiger partial charge on any atom is 0.396 e. The van der Waals surface area contributed by atoms with Crippen LogP contribution in [0.25, 0.3) is 0 Å². The molecule has 4 nitrogen and oxygen atoms in total. The highest BCUT2D eigenvalue weighted by Gasteiger charge is 2.15. The summed E-state index contributed by atoms with van der Waals surface area (Å²) in [6, 6.07) is 3.89. The predicted octanol–water partition coefficient (Wildman–Crippen LogP) is 1.72. The van der Waals surface area contributed by atoms with Gasteiger partial charge in [0.05, 0.1) is 7.11 Å². The summed E-state index contributed by atoms with van der Waals surface area (Å²) in [7, 11) is 1.18. The molecule has 0 unspecified atom stereocenters. The topological polar surface area (TPSA) is 55.4 Å². The maximum absolute atomic E-state index is 11.3. The number of anilines is 1. The van der Waals surface area contributed by atoms with E-state index in [1.54, 1.807) is 0 Å². The highest BCUT2D eigenvalue weighted by atomic mass is 16.5. The zero-order valence-electron chi connectivity index (χ0n) is 9.88. The van der Waals surface area contributed by atoms with Crippen molar-refractivity contribution in [2.45, 2.75) is 20.8 Å². The van der Waals surface area contributed by atoms with E-state index in [0.717, 1.165) is 16.7 Å². The van der Waals surface area contributed by atoms with Crippen molar-refractivity contribution in [2.75, 3.05) is 12.4 Å². The molecule has 0 spiro atoms. The van der Waals surface area contributed by atoms with Crippen molar-refractivity contribution >= 4 is 17.6 Å². The van der Waals surface area contributed by atoms with E-state index in [1.165, 1.54) is 7.11 Å². The molecule has 0 saturated heterocycles. The quantitative estimate of drug-likeness (QED) is 0.580. The molecule has 0 heterocycles. The number of benzene rings is 1. The summed E-state index contributed by atoms with van der Waals surface area (Å²) >= 11 is 0. The SMILES string of the molecule is COC(=O)C(=O)Nc1c(C)cc(C)cc1C. The molecule has 0 aliphatic rings. The molecule has 0 fully saturated rings. The molecule has 0 aliphatic carbocycles. The summed E-state index contributed by atoms with van der Waals surface area (Å²) in [5, 5.41) is 2.54. The van der Waals surface area contributed by atoms with Crippen molar-refractivity contribution in [1.82, 2.24) is 0 Å². The zero-order valence-corrected chi connectivity index (χ0v) is 9.88. The van der Waals surface area contributed by atoms with Crippen molar-refractivity contribution in [1.29, 1.82) is 0 Å². The van der Waals surface area contributed by atoms with E-state index < -0.39 is 11.9 Å². The zero-order chi connectivity index (χ0) is 12.3. The van der Waals surface area contributed by atoms with Crippen LogP contribution in [0.5, 0.6) is 0 Å². The standard InChI is InChI=1S/C12H15NO3/c1-7-5-8(2)10(9(3)6-7)13-11(14)12(15)16-4/h5-6H,1-4H3,(H,13,14). The summed E-state index contributed by atoms with van der Waals surface area (Å²) in [4.78, 5) is 22.3. The third-order valence-electron chi connectivity index (χ3n) is 2.29. The molecule has 1 rings (SSSR count). The molecule has 0 saturated carbocycles. The van der Waals surface area contributed by atoms with Gasteiger partial charge in [0.25, 0.3) is 0 Å². The number of methoxy groups -OCH3 is 1. The van der Waals surface area contributed by atoms with E-state index in [2.05, 4.69) is 10.1 Å². The Balaban J connectivity index is 2.98. The van der Waals surface area contributed by atoms with Crippen molar-refractivity contribution in [3.8, 4) is 0 Å². The van der Waals surface area contributed by atoms with Crippen LogP contribution in [0.15, 0.2) is 12.1 Å². The minimum absolute atomic E-state index is 0.668. The lowest BCUT2D eigenvalue weighted by molar-refractivity contribution is -0.150. The van der Waals surface area contributed by atoms with Crippen LogP contribution in [0.2, 0.25) is 0 Å². The first-order valence-corrected chi connectivity index (χ1v) is 4.93. The Morgan fingerprint density at radius 1 is 1.12 bits per heavy atom. The number of hydrogen-bond acceptors (Lipinski definition) is 3. The third kappa shape index (κ3) is 2.59. The summed E-state index contributed by atoms with van der Waals surface area (Å²) in [5.41, 5.74) is 3.64. The summed E-state index contributed by atoms with van der Waals surface area (Å²) in [6.07, 6.45) is 0. The van der Waals surface area contributed by atoms with Crippen LogP contribution < -0.4 is 5.32 Å². The highest BCUT2D eigenvalue weighted by molar-refractivity contribution is 6.37. The molecule has 0 radical (unpaired) electrons. The highest BCUT2D eigenvalue weighted by Crippen LogP contribution is 2.21. The van der Waals surface area contributed by atoms with Gasteiger partial charge in [-0.1, -0.05) is 17.7 Å². The fourth-order valence-corrected chi connectivity index (χ4v) is 1.63. The average molecular weight is 221 g/mol. The van der Waals surface area contributed by atoms with E-state index in [-0.39, 0.29) is 0 Å². The molecule has 1 amide bonds. The molecule has 1 aromatic carbocycles. The molecule has 1 N–H and O–H groups in total. The van der Waals surface area contributed by atoms with Gasteiger partial charge in [0.2, 0.25) is 0 Å². The van der Waals surface area contributed by atoms with Gasteiger partial charge < -0.3 is 10.1 Å². The number of aryl methyl sites for hydroxylation is 3. The summed E-state index contributed by atoms with van der Waals surface area (Å²) in [5.74, 6) is -1.64. The van der Waals surface area contributed by atoms with Gasteiger partial charge in [-0.15, -0.1) is 0 Å². The van der Waals surface area contributed by atoms with Crippen molar-refractivity contribution < 1.29 is 14.3 Å². The molecular weight excluding hydrogens is 206 g/mol.